The van der Waals surface area contributed by atoms with Crippen LogP contribution < -0.4 is 0 Å². The Morgan fingerprint density at radius 2 is 2.09 bits per heavy atom. The van der Waals surface area contributed by atoms with Crippen LogP contribution in [0.4, 0.5) is 0 Å². The maximum Gasteiger partial charge on any atom is 0.302 e. The number of ether oxygens (including phenoxy) is 1. The highest BCUT2D eigenvalue weighted by atomic mass is 16.5. The topological polar surface area (TPSA) is 83.2 Å². The predicted octanol–water partition coefficient (Wildman–Crippen LogP) is 4.91. The zero-order valence-corrected chi connectivity index (χ0v) is 19.4. The first-order valence-corrected chi connectivity index (χ1v) is 12.1. The van der Waals surface area contributed by atoms with Crippen LogP contribution in [0.5, 0.6) is 0 Å². The van der Waals surface area contributed by atoms with Crippen molar-refractivity contribution in [3.05, 3.63) is 36.2 Å². The van der Waals surface area contributed by atoms with Gasteiger partial charge in [-0.1, -0.05) is 26.0 Å². The fourth-order valence-electron chi connectivity index (χ4n) is 8.38. The van der Waals surface area contributed by atoms with Crippen molar-refractivity contribution in [1.82, 2.24) is 4.98 Å². The highest BCUT2D eigenvalue weighted by molar-refractivity contribution is 5.72. The summed E-state index contributed by atoms with van der Waals surface area (Å²) in [6, 6.07) is 6.49. The number of fused-ring (bicyclic) bond motifs is 5. The van der Waals surface area contributed by atoms with Gasteiger partial charge in [0.05, 0.1) is 6.07 Å². The van der Waals surface area contributed by atoms with E-state index in [1.807, 2.05) is 18.5 Å². The molecule has 3 fully saturated rings. The van der Waals surface area contributed by atoms with Crippen molar-refractivity contribution in [3.63, 3.8) is 0 Å². The minimum atomic E-state index is -1.37. The van der Waals surface area contributed by atoms with E-state index in [2.05, 4.69) is 37.0 Å². The van der Waals surface area contributed by atoms with Crippen LogP contribution in [0.25, 0.3) is 5.57 Å². The molecule has 1 heterocycles. The Bertz CT molecular complexity index is 984. The molecule has 3 saturated carbocycles. The Morgan fingerprint density at radius 3 is 2.78 bits per heavy atom. The van der Waals surface area contributed by atoms with Gasteiger partial charge in [0.2, 0.25) is 0 Å². The fraction of sp³-hybridized carbons (Fsp3) is 0.667. The van der Waals surface area contributed by atoms with Gasteiger partial charge in [-0.3, -0.25) is 9.78 Å². The third kappa shape index (κ3) is 3.06. The molecular weight excluding hydrogens is 400 g/mol. The van der Waals surface area contributed by atoms with Gasteiger partial charge in [0.15, 0.2) is 5.60 Å². The predicted molar refractivity (Wildman–Crippen MR) is 121 cm³/mol. The molecule has 2 unspecified atom stereocenters. The first-order chi connectivity index (χ1) is 15.2. The van der Waals surface area contributed by atoms with Crippen molar-refractivity contribution < 1.29 is 14.6 Å². The van der Waals surface area contributed by atoms with Gasteiger partial charge in [-0.25, -0.2) is 0 Å². The quantitative estimate of drug-likeness (QED) is 0.528. The number of aromatic nitrogens is 1. The Balaban J connectivity index is 1.47. The second-order valence-corrected chi connectivity index (χ2v) is 11.2. The largest absolute Gasteiger partial charge is 0.463 e. The molecule has 1 N–H and O–H groups in total. The van der Waals surface area contributed by atoms with Crippen LogP contribution >= 0.6 is 0 Å². The lowest BCUT2D eigenvalue weighted by molar-refractivity contribution is -0.196. The molecule has 0 radical (unpaired) electrons. The molecular formula is C27H34N2O3. The smallest absolute Gasteiger partial charge is 0.302 e. The van der Waals surface area contributed by atoms with E-state index >= 15 is 0 Å². The monoisotopic (exact) mass is 434 g/mol. The molecule has 8 atom stereocenters. The molecule has 0 aromatic carbocycles. The van der Waals surface area contributed by atoms with Crippen molar-refractivity contribution in [1.29, 1.82) is 5.26 Å². The number of aliphatic hydroxyl groups is 1. The van der Waals surface area contributed by atoms with Crippen LogP contribution in [0.2, 0.25) is 0 Å². The molecule has 0 spiro atoms. The first kappa shape index (κ1) is 21.6. The molecule has 1 aromatic heterocycles. The van der Waals surface area contributed by atoms with E-state index in [0.29, 0.717) is 30.6 Å². The zero-order valence-electron chi connectivity index (χ0n) is 19.4. The van der Waals surface area contributed by atoms with Crippen LogP contribution in [-0.4, -0.2) is 27.8 Å². The van der Waals surface area contributed by atoms with Crippen molar-refractivity contribution in [2.24, 2.45) is 34.5 Å². The first-order valence-electron chi connectivity index (χ1n) is 12.1. The van der Waals surface area contributed by atoms with E-state index in [0.717, 1.165) is 32.1 Å². The van der Waals surface area contributed by atoms with E-state index in [-0.39, 0.29) is 28.8 Å². The summed E-state index contributed by atoms with van der Waals surface area (Å²) in [5.41, 5.74) is 1.17. The van der Waals surface area contributed by atoms with Gasteiger partial charge < -0.3 is 9.84 Å². The van der Waals surface area contributed by atoms with Gasteiger partial charge in [0, 0.05) is 25.2 Å². The molecule has 5 rings (SSSR count). The van der Waals surface area contributed by atoms with Crippen molar-refractivity contribution in [3.8, 4) is 6.07 Å². The standard InChI is InChI=1S/C27H34N2O3/c1-17(30)32-19-8-10-26(3)23-9-11-25(2)21(18-5-4-12-29-15-18)6-7-22(25)20(23)14-27(31,16-28)24(26)13-19/h4-6,12,15,19-20,22-24,31H,7-11,13-14H2,1-3H3/t19-,20-,22-,23-,24?,25+,26+,27?/m0/s1. The van der Waals surface area contributed by atoms with E-state index in [4.69, 9.17) is 4.74 Å². The summed E-state index contributed by atoms with van der Waals surface area (Å²) in [4.78, 5) is 15.9. The number of carbonyl (C=O) groups is 1. The maximum absolute atomic E-state index is 11.7. The van der Waals surface area contributed by atoms with Crippen LogP contribution in [0, 0.1) is 45.8 Å². The molecule has 5 nitrogen and oxygen atoms in total. The van der Waals surface area contributed by atoms with E-state index in [1.54, 1.807) is 0 Å². The molecule has 4 aliphatic carbocycles. The SMILES string of the molecule is CC(=O)O[C@H]1CC[C@@]2(C)C(C1)C(O)(C#N)C[C@@H]1[C@@H]2CC[C@]2(C)C(c3cccnc3)=CC[C@@H]12. The number of hydrogen-bond acceptors (Lipinski definition) is 5. The Hall–Kier alpha value is -2.19. The highest BCUT2D eigenvalue weighted by Crippen LogP contribution is 2.69. The summed E-state index contributed by atoms with van der Waals surface area (Å²) in [5.74, 6) is 0.798. The zero-order chi connectivity index (χ0) is 22.7. The van der Waals surface area contributed by atoms with Gasteiger partial charge in [0.25, 0.3) is 0 Å². The molecule has 5 heteroatoms. The molecule has 1 aromatic rings. The third-order valence-corrected chi connectivity index (χ3v) is 9.79. The van der Waals surface area contributed by atoms with E-state index < -0.39 is 5.60 Å². The molecule has 170 valence electrons. The second kappa shape index (κ2) is 7.42. The van der Waals surface area contributed by atoms with E-state index in [9.17, 15) is 15.2 Å². The van der Waals surface area contributed by atoms with Crippen LogP contribution in [-0.2, 0) is 9.53 Å². The van der Waals surface area contributed by atoms with Gasteiger partial charge in [-0.2, -0.15) is 5.26 Å². The summed E-state index contributed by atoms with van der Waals surface area (Å²) in [5, 5.41) is 21.9. The summed E-state index contributed by atoms with van der Waals surface area (Å²) >= 11 is 0. The number of esters is 1. The number of rotatable bonds is 2. The molecule has 32 heavy (non-hydrogen) atoms. The highest BCUT2D eigenvalue weighted by Gasteiger charge is 2.65. The molecule has 0 bridgehead atoms. The van der Waals surface area contributed by atoms with Crippen molar-refractivity contribution >= 4 is 11.5 Å². The van der Waals surface area contributed by atoms with Crippen LogP contribution in [0.3, 0.4) is 0 Å². The Labute approximate surface area is 190 Å². The number of carbonyl (C=O) groups excluding carboxylic acids is 1. The fourth-order valence-corrected chi connectivity index (χ4v) is 8.38. The Kier molecular flexibility index (Phi) is 5.02. The lowest BCUT2D eigenvalue weighted by Gasteiger charge is -2.63. The number of allylic oxidation sites excluding steroid dienone is 2. The number of hydrogen-bond donors (Lipinski definition) is 1. The molecule has 4 aliphatic rings. The van der Waals surface area contributed by atoms with Crippen molar-refractivity contribution in [2.45, 2.75) is 77.4 Å². The molecule has 0 saturated heterocycles. The van der Waals surface area contributed by atoms with Crippen molar-refractivity contribution in [2.75, 3.05) is 0 Å². The van der Waals surface area contributed by atoms with Gasteiger partial charge in [-0.05, 0) is 90.7 Å². The number of nitrogens with zero attached hydrogens (tertiary/aromatic N) is 2. The van der Waals surface area contributed by atoms with Gasteiger partial charge >= 0.3 is 5.97 Å². The average molecular weight is 435 g/mol. The van der Waals surface area contributed by atoms with Crippen LogP contribution in [0.15, 0.2) is 30.6 Å². The van der Waals surface area contributed by atoms with E-state index in [1.165, 1.54) is 18.1 Å². The summed E-state index contributed by atoms with van der Waals surface area (Å²) in [7, 11) is 0. The van der Waals surface area contributed by atoms with Gasteiger partial charge in [0.1, 0.15) is 6.10 Å². The molecule has 0 amide bonds. The normalized spacial score (nSPS) is 45.0. The second-order valence-electron chi connectivity index (χ2n) is 11.2. The van der Waals surface area contributed by atoms with Gasteiger partial charge in [-0.15, -0.1) is 0 Å². The average Bonchev–Trinajstić information content (AvgIpc) is 3.12. The minimum Gasteiger partial charge on any atom is -0.463 e. The maximum atomic E-state index is 11.7. The minimum absolute atomic E-state index is 0.0543. The summed E-state index contributed by atoms with van der Waals surface area (Å²) < 4.78 is 5.53. The summed E-state index contributed by atoms with van der Waals surface area (Å²) in [6.07, 6.45) is 12.0. The lowest BCUT2D eigenvalue weighted by atomic mass is 9.41. The molecule has 0 aliphatic heterocycles. The lowest BCUT2D eigenvalue weighted by Crippen LogP contribution is -2.62. The third-order valence-electron chi connectivity index (χ3n) is 9.79. The summed E-state index contributed by atoms with van der Waals surface area (Å²) in [6.45, 7) is 6.13. The number of pyridine rings is 1. The number of nitriles is 1. The Morgan fingerprint density at radius 1 is 1.28 bits per heavy atom. The van der Waals surface area contributed by atoms with Crippen LogP contribution in [0.1, 0.15) is 71.3 Å².